The Morgan fingerprint density at radius 2 is 1.81 bits per heavy atom. The molecule has 0 spiro atoms. The van der Waals surface area contributed by atoms with Crippen molar-refractivity contribution in [3.63, 3.8) is 0 Å². The van der Waals surface area contributed by atoms with Crippen LogP contribution in [0.5, 0.6) is 0 Å². The minimum absolute atomic E-state index is 0.168. The maximum absolute atomic E-state index is 11.9. The number of carboxylic acid groups (broad SMARTS) is 2. The van der Waals surface area contributed by atoms with E-state index in [0.29, 0.717) is 12.2 Å². The summed E-state index contributed by atoms with van der Waals surface area (Å²) in [5.41, 5.74) is 1.19. The van der Waals surface area contributed by atoms with E-state index < -0.39 is 23.9 Å². The van der Waals surface area contributed by atoms with Crippen molar-refractivity contribution in [1.82, 2.24) is 5.32 Å². The second-order valence-electron chi connectivity index (χ2n) is 4.43. The van der Waals surface area contributed by atoms with Gasteiger partial charge in [-0.3, -0.25) is 9.59 Å². The average molecular weight is 295 g/mol. The van der Waals surface area contributed by atoms with Crippen LogP contribution < -0.4 is 5.32 Å². The van der Waals surface area contributed by atoms with Crippen molar-refractivity contribution in [2.24, 2.45) is 0 Å². The van der Waals surface area contributed by atoms with Crippen molar-refractivity contribution < 1.29 is 29.3 Å². The fraction of sp³-hybridized carbons (Fsp3) is 0.357. The Kier molecular flexibility index (Phi) is 6.35. The Morgan fingerprint density at radius 3 is 2.29 bits per heavy atom. The molecule has 7 nitrogen and oxygen atoms in total. The molecular weight excluding hydrogens is 278 g/mol. The standard InChI is InChI=1S/C14H17NO6/c1-21-8-9-2-4-10(5-3-9)13(18)15-11(14(19)20)6-7-12(16)17/h2-5,11H,6-8H2,1H3,(H,15,18)(H,16,17)(H,19,20)/t11-/m0/s1. The topological polar surface area (TPSA) is 113 Å². The first-order valence-electron chi connectivity index (χ1n) is 6.27. The van der Waals surface area contributed by atoms with Gasteiger partial charge < -0.3 is 20.3 Å². The highest BCUT2D eigenvalue weighted by Crippen LogP contribution is 2.07. The van der Waals surface area contributed by atoms with E-state index in [1.165, 1.54) is 0 Å². The fourth-order valence-electron chi connectivity index (χ4n) is 1.69. The molecule has 3 N–H and O–H groups in total. The lowest BCUT2D eigenvalue weighted by atomic mass is 10.1. The lowest BCUT2D eigenvalue weighted by Gasteiger charge is -2.13. The zero-order valence-electron chi connectivity index (χ0n) is 11.5. The first kappa shape index (κ1) is 16.6. The highest BCUT2D eigenvalue weighted by atomic mass is 16.5. The van der Waals surface area contributed by atoms with E-state index in [0.717, 1.165) is 5.56 Å². The third-order valence-electron chi connectivity index (χ3n) is 2.78. The number of carboxylic acids is 2. The number of carbonyl (C=O) groups excluding carboxylic acids is 1. The van der Waals surface area contributed by atoms with Crippen molar-refractivity contribution in [3.05, 3.63) is 35.4 Å². The monoisotopic (exact) mass is 295 g/mol. The van der Waals surface area contributed by atoms with Gasteiger partial charge in [-0.25, -0.2) is 4.79 Å². The number of benzene rings is 1. The summed E-state index contributed by atoms with van der Waals surface area (Å²) >= 11 is 0. The molecule has 1 amide bonds. The molecule has 1 aromatic carbocycles. The van der Waals surface area contributed by atoms with E-state index in [9.17, 15) is 14.4 Å². The molecule has 0 unspecified atom stereocenters. The van der Waals surface area contributed by atoms with Crippen LogP contribution in [0.4, 0.5) is 0 Å². The molecule has 0 radical (unpaired) electrons. The minimum atomic E-state index is -1.26. The van der Waals surface area contributed by atoms with Crippen molar-refractivity contribution in [2.75, 3.05) is 7.11 Å². The van der Waals surface area contributed by atoms with E-state index in [1.54, 1.807) is 31.4 Å². The van der Waals surface area contributed by atoms with Gasteiger partial charge in [0.2, 0.25) is 0 Å². The van der Waals surface area contributed by atoms with Crippen LogP contribution in [0.15, 0.2) is 24.3 Å². The van der Waals surface area contributed by atoms with Crippen LogP contribution >= 0.6 is 0 Å². The summed E-state index contributed by atoms with van der Waals surface area (Å²) in [7, 11) is 1.56. The minimum Gasteiger partial charge on any atom is -0.481 e. The molecule has 1 rings (SSSR count). The normalized spacial score (nSPS) is 11.7. The van der Waals surface area contributed by atoms with Gasteiger partial charge in [-0.15, -0.1) is 0 Å². The Labute approximate surface area is 121 Å². The zero-order chi connectivity index (χ0) is 15.8. The molecule has 114 valence electrons. The van der Waals surface area contributed by atoms with Crippen LogP contribution in [0.2, 0.25) is 0 Å². The second kappa shape index (κ2) is 8.01. The molecule has 7 heteroatoms. The second-order valence-corrected chi connectivity index (χ2v) is 4.43. The summed E-state index contributed by atoms with van der Waals surface area (Å²) in [5.74, 6) is -2.93. The van der Waals surface area contributed by atoms with Gasteiger partial charge in [-0.1, -0.05) is 12.1 Å². The molecule has 0 aliphatic heterocycles. The molecule has 0 aromatic heterocycles. The Morgan fingerprint density at radius 1 is 1.19 bits per heavy atom. The van der Waals surface area contributed by atoms with Crippen LogP contribution in [-0.2, 0) is 20.9 Å². The van der Waals surface area contributed by atoms with E-state index >= 15 is 0 Å². The Bertz CT molecular complexity index is 511. The third-order valence-corrected chi connectivity index (χ3v) is 2.78. The zero-order valence-corrected chi connectivity index (χ0v) is 11.5. The maximum atomic E-state index is 11.9. The van der Waals surface area contributed by atoms with Gasteiger partial charge >= 0.3 is 11.9 Å². The van der Waals surface area contributed by atoms with Gasteiger partial charge in [-0.2, -0.15) is 0 Å². The number of hydrogen-bond acceptors (Lipinski definition) is 4. The summed E-state index contributed by atoms with van der Waals surface area (Å²) < 4.78 is 4.94. The quantitative estimate of drug-likeness (QED) is 0.656. The van der Waals surface area contributed by atoms with Gasteiger partial charge in [0.1, 0.15) is 6.04 Å². The van der Waals surface area contributed by atoms with E-state index in [-0.39, 0.29) is 12.8 Å². The van der Waals surface area contributed by atoms with Crippen molar-refractivity contribution in [1.29, 1.82) is 0 Å². The van der Waals surface area contributed by atoms with Gasteiger partial charge in [0, 0.05) is 19.1 Å². The average Bonchev–Trinajstić information content (AvgIpc) is 2.43. The fourth-order valence-corrected chi connectivity index (χ4v) is 1.69. The summed E-state index contributed by atoms with van der Waals surface area (Å²) in [5, 5.41) is 19.8. The number of ether oxygens (including phenoxy) is 1. The van der Waals surface area contributed by atoms with Crippen LogP contribution in [-0.4, -0.2) is 41.2 Å². The number of nitrogens with one attached hydrogen (secondary N) is 1. The smallest absolute Gasteiger partial charge is 0.326 e. The number of amides is 1. The Hall–Kier alpha value is -2.41. The third kappa shape index (κ3) is 5.62. The van der Waals surface area contributed by atoms with Crippen LogP contribution in [0.25, 0.3) is 0 Å². The number of methoxy groups -OCH3 is 1. The highest BCUT2D eigenvalue weighted by Gasteiger charge is 2.21. The summed E-state index contributed by atoms with van der Waals surface area (Å²) in [6.45, 7) is 0.415. The first-order chi connectivity index (χ1) is 9.93. The predicted octanol–water partition coefficient (Wildman–Crippen LogP) is 0.881. The highest BCUT2D eigenvalue weighted by molar-refractivity contribution is 5.96. The SMILES string of the molecule is COCc1ccc(C(=O)N[C@@H](CCC(=O)O)C(=O)O)cc1. The number of hydrogen-bond donors (Lipinski definition) is 3. The van der Waals surface area contributed by atoms with Crippen molar-refractivity contribution in [3.8, 4) is 0 Å². The molecular formula is C14H17NO6. The van der Waals surface area contributed by atoms with Gasteiger partial charge in [-0.05, 0) is 24.1 Å². The first-order valence-corrected chi connectivity index (χ1v) is 6.27. The Balaban J connectivity index is 2.67. The summed E-state index contributed by atoms with van der Waals surface area (Å²) in [6.07, 6.45) is -0.498. The largest absolute Gasteiger partial charge is 0.481 e. The molecule has 0 heterocycles. The number of aliphatic carboxylic acids is 2. The van der Waals surface area contributed by atoms with Crippen LogP contribution in [0.3, 0.4) is 0 Å². The van der Waals surface area contributed by atoms with Gasteiger partial charge in [0.25, 0.3) is 5.91 Å². The lowest BCUT2D eigenvalue weighted by molar-refractivity contribution is -0.140. The molecule has 1 atom stereocenters. The number of carbonyl (C=O) groups is 3. The molecule has 21 heavy (non-hydrogen) atoms. The van der Waals surface area contributed by atoms with Crippen molar-refractivity contribution in [2.45, 2.75) is 25.5 Å². The molecule has 0 aliphatic rings. The molecule has 0 aliphatic carbocycles. The molecule has 0 saturated heterocycles. The van der Waals surface area contributed by atoms with E-state index in [4.69, 9.17) is 14.9 Å². The van der Waals surface area contributed by atoms with Gasteiger partial charge in [0.15, 0.2) is 0 Å². The lowest BCUT2D eigenvalue weighted by Crippen LogP contribution is -2.41. The summed E-state index contributed by atoms with van der Waals surface area (Å²) in [6, 6.07) is 5.28. The van der Waals surface area contributed by atoms with Crippen LogP contribution in [0, 0.1) is 0 Å². The summed E-state index contributed by atoms with van der Waals surface area (Å²) in [4.78, 5) is 33.4. The van der Waals surface area contributed by atoms with Gasteiger partial charge in [0.05, 0.1) is 6.61 Å². The van der Waals surface area contributed by atoms with Crippen molar-refractivity contribution >= 4 is 17.8 Å². The predicted molar refractivity (Wildman–Crippen MR) is 72.9 cm³/mol. The molecule has 0 saturated carbocycles. The molecule has 0 fully saturated rings. The van der Waals surface area contributed by atoms with E-state index in [1.807, 2.05) is 0 Å². The number of rotatable bonds is 8. The van der Waals surface area contributed by atoms with E-state index in [2.05, 4.69) is 5.32 Å². The maximum Gasteiger partial charge on any atom is 0.326 e. The molecule has 0 bridgehead atoms. The van der Waals surface area contributed by atoms with Crippen LogP contribution in [0.1, 0.15) is 28.8 Å². The molecule has 1 aromatic rings.